The largest absolute Gasteiger partial charge is 0.342 e. The van der Waals surface area contributed by atoms with Gasteiger partial charge in [0.15, 0.2) is 0 Å². The Labute approximate surface area is 135 Å². The number of benzene rings is 1. The van der Waals surface area contributed by atoms with E-state index in [4.69, 9.17) is 0 Å². The maximum Gasteiger partial charge on any atom is 0.270 e. The summed E-state index contributed by atoms with van der Waals surface area (Å²) < 4.78 is 39.0. The monoisotopic (exact) mass is 339 g/mol. The number of hydrogen-bond donors (Lipinski definition) is 2. The van der Waals surface area contributed by atoms with Crippen molar-refractivity contribution >= 4 is 5.91 Å². The number of alkyl halides is 2. The van der Waals surface area contributed by atoms with Gasteiger partial charge in [0, 0.05) is 6.07 Å². The molecule has 2 N–H and O–H groups in total. The highest BCUT2D eigenvalue weighted by atomic mass is 19.3. The van der Waals surface area contributed by atoms with Gasteiger partial charge in [-0.25, -0.2) is 18.2 Å². The fourth-order valence-electron chi connectivity index (χ4n) is 2.21. The van der Waals surface area contributed by atoms with Crippen LogP contribution >= 0.6 is 0 Å². The highest BCUT2D eigenvalue weighted by Crippen LogP contribution is 2.27. The summed E-state index contributed by atoms with van der Waals surface area (Å²) in [5, 5.41) is 2.61. The summed E-state index contributed by atoms with van der Waals surface area (Å²) in [5.74, 6) is -1.40. The van der Waals surface area contributed by atoms with E-state index in [0.29, 0.717) is 5.56 Å². The molecule has 8 heteroatoms. The number of nitrogens with zero attached hydrogens (tertiary/aromatic N) is 1. The molecule has 5 nitrogen and oxygen atoms in total. The fraction of sp³-hybridized carbons (Fsp3) is 0.312. The molecule has 0 aliphatic heterocycles. The summed E-state index contributed by atoms with van der Waals surface area (Å²) in [7, 11) is 0. The Bertz CT molecular complexity index is 832. The quantitative estimate of drug-likeness (QED) is 0.899. The number of halogens is 3. The van der Waals surface area contributed by atoms with Gasteiger partial charge in [0.2, 0.25) is 0 Å². The van der Waals surface area contributed by atoms with Gasteiger partial charge >= 0.3 is 0 Å². The molecule has 1 aromatic heterocycles. The number of carbonyl (C=O) groups is 1. The van der Waals surface area contributed by atoms with Gasteiger partial charge in [0.1, 0.15) is 17.3 Å². The van der Waals surface area contributed by atoms with Crippen LogP contribution in [0.2, 0.25) is 0 Å². The summed E-state index contributed by atoms with van der Waals surface area (Å²) in [6.45, 7) is 4.70. The average molecular weight is 339 g/mol. The highest BCUT2D eigenvalue weighted by Gasteiger charge is 2.26. The minimum Gasteiger partial charge on any atom is -0.342 e. The molecule has 2 aromatic rings. The van der Waals surface area contributed by atoms with E-state index >= 15 is 0 Å². The predicted octanol–water partition coefficient (Wildman–Crippen LogP) is 2.82. The standard InChI is InChI=1S/C16H16F3N3O2/c1-8-20-12(7-13(23)21-8)15(24)22-16(2,3)9-4-5-10(14(18)19)11(17)6-9/h4-7,14H,1-3H3,(H,22,24)(H,20,21,23). The zero-order chi connectivity index (χ0) is 18.1. The summed E-state index contributed by atoms with van der Waals surface area (Å²) in [6.07, 6.45) is -2.92. The van der Waals surface area contributed by atoms with Crippen molar-refractivity contribution in [2.24, 2.45) is 0 Å². The third-order valence-electron chi connectivity index (χ3n) is 3.48. The van der Waals surface area contributed by atoms with Gasteiger partial charge in [-0.2, -0.15) is 0 Å². The van der Waals surface area contributed by atoms with Crippen LogP contribution in [0.25, 0.3) is 0 Å². The molecule has 0 fully saturated rings. The van der Waals surface area contributed by atoms with Crippen molar-refractivity contribution in [1.29, 1.82) is 0 Å². The van der Waals surface area contributed by atoms with E-state index in [0.717, 1.165) is 18.2 Å². The summed E-state index contributed by atoms with van der Waals surface area (Å²) >= 11 is 0. The van der Waals surface area contributed by atoms with Crippen molar-refractivity contribution in [1.82, 2.24) is 15.3 Å². The number of aryl methyl sites for hydroxylation is 1. The lowest BCUT2D eigenvalue weighted by Gasteiger charge is -2.27. The number of rotatable bonds is 4. The molecule has 0 saturated heterocycles. The average Bonchev–Trinajstić information content (AvgIpc) is 2.45. The summed E-state index contributed by atoms with van der Waals surface area (Å²) in [5.41, 5.74) is -2.02. The molecule has 1 heterocycles. The van der Waals surface area contributed by atoms with Crippen LogP contribution < -0.4 is 10.9 Å². The highest BCUT2D eigenvalue weighted by molar-refractivity contribution is 5.92. The van der Waals surface area contributed by atoms with Crippen LogP contribution in [0.4, 0.5) is 13.2 Å². The first-order valence-electron chi connectivity index (χ1n) is 7.08. The Morgan fingerprint density at radius 2 is 1.96 bits per heavy atom. The molecule has 0 unspecified atom stereocenters. The van der Waals surface area contributed by atoms with Crippen molar-refractivity contribution in [3.63, 3.8) is 0 Å². The van der Waals surface area contributed by atoms with E-state index in [1.54, 1.807) is 13.8 Å². The number of aromatic nitrogens is 2. The van der Waals surface area contributed by atoms with Crippen molar-refractivity contribution in [2.75, 3.05) is 0 Å². The minimum absolute atomic E-state index is 0.0889. The zero-order valence-electron chi connectivity index (χ0n) is 13.3. The Morgan fingerprint density at radius 3 is 2.50 bits per heavy atom. The molecule has 0 spiro atoms. The summed E-state index contributed by atoms with van der Waals surface area (Å²) in [4.78, 5) is 30.0. The number of carbonyl (C=O) groups excluding carboxylic acids is 1. The second kappa shape index (κ2) is 6.46. The molecule has 0 atom stereocenters. The molecule has 1 aromatic carbocycles. The predicted molar refractivity (Wildman–Crippen MR) is 81.4 cm³/mol. The van der Waals surface area contributed by atoms with E-state index in [-0.39, 0.29) is 11.5 Å². The first-order chi connectivity index (χ1) is 11.1. The van der Waals surface area contributed by atoms with Crippen LogP contribution in [-0.4, -0.2) is 15.9 Å². The smallest absolute Gasteiger partial charge is 0.270 e. The Hall–Kier alpha value is -2.64. The van der Waals surface area contributed by atoms with Gasteiger partial charge < -0.3 is 10.3 Å². The number of nitrogens with one attached hydrogen (secondary N) is 2. The Morgan fingerprint density at radius 1 is 1.29 bits per heavy atom. The minimum atomic E-state index is -2.92. The SMILES string of the molecule is Cc1nc(C(=O)NC(C)(C)c2ccc(C(F)F)c(F)c2)cc(=O)[nH]1. The molecule has 0 saturated carbocycles. The molecule has 0 radical (unpaired) electrons. The van der Waals surface area contributed by atoms with Crippen LogP contribution in [0, 0.1) is 12.7 Å². The number of hydrogen-bond acceptors (Lipinski definition) is 3. The van der Waals surface area contributed by atoms with Gasteiger partial charge in [-0.15, -0.1) is 0 Å². The zero-order valence-corrected chi connectivity index (χ0v) is 13.3. The number of amides is 1. The Kier molecular flexibility index (Phi) is 4.77. The van der Waals surface area contributed by atoms with Gasteiger partial charge in [-0.05, 0) is 32.4 Å². The van der Waals surface area contributed by atoms with Crippen LogP contribution in [0.1, 0.15) is 47.7 Å². The Balaban J connectivity index is 2.28. The summed E-state index contributed by atoms with van der Waals surface area (Å²) in [6, 6.07) is 4.30. The molecule has 0 aliphatic carbocycles. The first-order valence-corrected chi connectivity index (χ1v) is 7.08. The first kappa shape index (κ1) is 17.7. The number of aromatic amines is 1. The molecule has 0 aliphatic rings. The second-order valence-electron chi connectivity index (χ2n) is 5.83. The molecule has 2 rings (SSSR count). The molecule has 0 bridgehead atoms. The molecule has 1 amide bonds. The normalized spacial score (nSPS) is 11.6. The van der Waals surface area contributed by atoms with Crippen molar-refractivity contribution < 1.29 is 18.0 Å². The lowest BCUT2D eigenvalue weighted by molar-refractivity contribution is 0.0905. The third kappa shape index (κ3) is 3.81. The van der Waals surface area contributed by atoms with Crippen LogP contribution in [0.15, 0.2) is 29.1 Å². The van der Waals surface area contributed by atoms with E-state index < -0.39 is 34.8 Å². The van der Waals surface area contributed by atoms with Crippen LogP contribution in [0.3, 0.4) is 0 Å². The van der Waals surface area contributed by atoms with Crippen molar-refractivity contribution in [3.05, 3.63) is 63.1 Å². The molecular weight excluding hydrogens is 323 g/mol. The van der Waals surface area contributed by atoms with Gasteiger partial charge in [0.25, 0.3) is 17.9 Å². The van der Waals surface area contributed by atoms with Gasteiger partial charge in [0.05, 0.1) is 11.1 Å². The molecule has 128 valence electrons. The lowest BCUT2D eigenvalue weighted by Crippen LogP contribution is -2.41. The van der Waals surface area contributed by atoms with Crippen molar-refractivity contribution in [2.45, 2.75) is 32.7 Å². The van der Waals surface area contributed by atoms with E-state index in [1.807, 2.05) is 0 Å². The van der Waals surface area contributed by atoms with Gasteiger partial charge in [-0.3, -0.25) is 9.59 Å². The van der Waals surface area contributed by atoms with E-state index in [1.165, 1.54) is 13.0 Å². The van der Waals surface area contributed by atoms with Crippen LogP contribution in [0.5, 0.6) is 0 Å². The fourth-order valence-corrected chi connectivity index (χ4v) is 2.21. The molecule has 24 heavy (non-hydrogen) atoms. The maximum absolute atomic E-state index is 13.7. The van der Waals surface area contributed by atoms with Gasteiger partial charge in [-0.1, -0.05) is 12.1 Å². The van der Waals surface area contributed by atoms with E-state index in [2.05, 4.69) is 15.3 Å². The number of H-pyrrole nitrogens is 1. The maximum atomic E-state index is 13.7. The topological polar surface area (TPSA) is 74.8 Å². The molecular formula is C16H16F3N3O2. The van der Waals surface area contributed by atoms with Crippen LogP contribution in [-0.2, 0) is 5.54 Å². The van der Waals surface area contributed by atoms with Crippen molar-refractivity contribution in [3.8, 4) is 0 Å². The third-order valence-corrected chi connectivity index (χ3v) is 3.48. The van der Waals surface area contributed by atoms with E-state index in [9.17, 15) is 22.8 Å². The second-order valence-corrected chi connectivity index (χ2v) is 5.83. The lowest BCUT2D eigenvalue weighted by atomic mass is 9.93.